The van der Waals surface area contributed by atoms with Gasteiger partial charge in [-0.05, 0) is 32.0 Å². The first-order valence-corrected chi connectivity index (χ1v) is 7.18. The number of rotatable bonds is 4. The van der Waals surface area contributed by atoms with E-state index in [1.165, 1.54) is 12.3 Å². The van der Waals surface area contributed by atoms with Crippen LogP contribution in [0.4, 0.5) is 0 Å². The highest BCUT2D eigenvalue weighted by Crippen LogP contribution is 2.35. The number of aliphatic hydroxyl groups is 1. The van der Waals surface area contributed by atoms with Gasteiger partial charge in [0.15, 0.2) is 11.2 Å². The Labute approximate surface area is 131 Å². The van der Waals surface area contributed by atoms with Gasteiger partial charge in [0.25, 0.3) is 0 Å². The molecule has 6 heteroatoms. The van der Waals surface area contributed by atoms with E-state index in [9.17, 15) is 9.90 Å². The van der Waals surface area contributed by atoms with E-state index >= 15 is 0 Å². The van der Waals surface area contributed by atoms with Crippen LogP contribution in [0.2, 0.25) is 0 Å². The molecule has 0 aliphatic rings. The minimum Gasteiger partial charge on any atom is -0.484 e. The highest BCUT2D eigenvalue weighted by molar-refractivity contribution is 6.23. The zero-order chi connectivity index (χ0) is 15.9. The standard InChI is InChI=1S/C16H15ClO5/c1-16(2,17)11(18)8-21-15-13-10(5-6-20-13)7-9-3-4-12(19)22-14(9)15/h3-7,11,18H,8H2,1-2H3. The molecule has 0 bridgehead atoms. The summed E-state index contributed by atoms with van der Waals surface area (Å²) in [6, 6.07) is 6.62. The molecule has 1 N–H and O–H groups in total. The molecule has 116 valence electrons. The van der Waals surface area contributed by atoms with Gasteiger partial charge in [0.2, 0.25) is 5.75 Å². The van der Waals surface area contributed by atoms with Crippen LogP contribution < -0.4 is 10.4 Å². The van der Waals surface area contributed by atoms with E-state index in [2.05, 4.69) is 0 Å². The van der Waals surface area contributed by atoms with Crippen molar-refractivity contribution >= 4 is 33.5 Å². The number of aliphatic hydroxyl groups excluding tert-OH is 1. The summed E-state index contributed by atoms with van der Waals surface area (Å²) in [5.41, 5.74) is 0.262. The maximum atomic E-state index is 11.5. The van der Waals surface area contributed by atoms with Gasteiger partial charge < -0.3 is 18.7 Å². The molecule has 0 spiro atoms. The zero-order valence-electron chi connectivity index (χ0n) is 12.1. The molecule has 1 unspecified atom stereocenters. The number of fused-ring (bicyclic) bond motifs is 2. The summed E-state index contributed by atoms with van der Waals surface area (Å²) in [6.45, 7) is 3.33. The van der Waals surface area contributed by atoms with Gasteiger partial charge in [-0.2, -0.15) is 0 Å². The summed E-state index contributed by atoms with van der Waals surface area (Å²) in [6.07, 6.45) is 0.626. The third kappa shape index (κ3) is 2.69. The monoisotopic (exact) mass is 322 g/mol. The Hall–Kier alpha value is -1.98. The largest absolute Gasteiger partial charge is 0.484 e. The van der Waals surface area contributed by atoms with Crippen molar-refractivity contribution in [2.24, 2.45) is 0 Å². The topological polar surface area (TPSA) is 72.8 Å². The van der Waals surface area contributed by atoms with Crippen LogP contribution in [0.1, 0.15) is 13.8 Å². The Bertz CT molecular complexity index is 871. The summed E-state index contributed by atoms with van der Waals surface area (Å²) in [5, 5.41) is 11.5. The van der Waals surface area contributed by atoms with Crippen LogP contribution in [0, 0.1) is 0 Å². The second kappa shape index (κ2) is 5.34. The lowest BCUT2D eigenvalue weighted by atomic mass is 10.1. The van der Waals surface area contributed by atoms with Crippen molar-refractivity contribution in [2.45, 2.75) is 24.8 Å². The Balaban J connectivity index is 2.10. The second-order valence-corrected chi connectivity index (χ2v) is 6.58. The Morgan fingerprint density at radius 2 is 2.00 bits per heavy atom. The molecule has 22 heavy (non-hydrogen) atoms. The summed E-state index contributed by atoms with van der Waals surface area (Å²) >= 11 is 6.06. The third-order valence-electron chi connectivity index (χ3n) is 3.46. The quantitative estimate of drug-likeness (QED) is 0.589. The highest BCUT2D eigenvalue weighted by Gasteiger charge is 2.26. The molecule has 1 aromatic carbocycles. The summed E-state index contributed by atoms with van der Waals surface area (Å²) < 4.78 is 16.3. The molecule has 2 aromatic heterocycles. The molecule has 0 saturated heterocycles. The van der Waals surface area contributed by atoms with Gasteiger partial charge in [0.1, 0.15) is 12.7 Å². The van der Waals surface area contributed by atoms with Gasteiger partial charge in [-0.3, -0.25) is 0 Å². The van der Waals surface area contributed by atoms with Crippen molar-refractivity contribution in [3.63, 3.8) is 0 Å². The van der Waals surface area contributed by atoms with Crippen molar-refractivity contribution in [1.82, 2.24) is 0 Å². The van der Waals surface area contributed by atoms with Gasteiger partial charge in [-0.1, -0.05) is 0 Å². The minimum absolute atomic E-state index is 0.0516. The lowest BCUT2D eigenvalue weighted by Gasteiger charge is -2.23. The van der Waals surface area contributed by atoms with E-state index in [1.807, 2.05) is 6.07 Å². The van der Waals surface area contributed by atoms with Crippen LogP contribution >= 0.6 is 11.6 Å². The molecule has 0 aliphatic heterocycles. The average molecular weight is 323 g/mol. The number of furan rings is 1. The van der Waals surface area contributed by atoms with Crippen molar-refractivity contribution in [3.8, 4) is 5.75 Å². The second-order valence-electron chi connectivity index (χ2n) is 5.61. The number of benzene rings is 1. The highest BCUT2D eigenvalue weighted by atomic mass is 35.5. The van der Waals surface area contributed by atoms with Crippen molar-refractivity contribution in [2.75, 3.05) is 6.61 Å². The smallest absolute Gasteiger partial charge is 0.336 e. The summed E-state index contributed by atoms with van der Waals surface area (Å²) in [5.74, 6) is 0.287. The van der Waals surface area contributed by atoms with Crippen LogP contribution in [0.3, 0.4) is 0 Å². The van der Waals surface area contributed by atoms with E-state index in [1.54, 1.807) is 26.0 Å². The average Bonchev–Trinajstić information content (AvgIpc) is 2.90. The fourth-order valence-corrected chi connectivity index (χ4v) is 2.16. The van der Waals surface area contributed by atoms with Gasteiger partial charge in [-0.25, -0.2) is 4.79 Å². The van der Waals surface area contributed by atoms with Crippen molar-refractivity contribution in [3.05, 3.63) is 40.9 Å². The number of ether oxygens (including phenoxy) is 1. The predicted molar refractivity (Wildman–Crippen MR) is 83.7 cm³/mol. The maximum absolute atomic E-state index is 11.5. The van der Waals surface area contributed by atoms with E-state index < -0.39 is 16.6 Å². The van der Waals surface area contributed by atoms with Gasteiger partial charge >= 0.3 is 5.63 Å². The number of alkyl halides is 1. The maximum Gasteiger partial charge on any atom is 0.336 e. The molecule has 0 fully saturated rings. The number of hydrogen-bond acceptors (Lipinski definition) is 5. The molecule has 0 saturated carbocycles. The number of hydrogen-bond donors (Lipinski definition) is 1. The normalized spacial score (nSPS) is 13.6. The fraction of sp³-hybridized carbons (Fsp3) is 0.312. The molecular weight excluding hydrogens is 308 g/mol. The minimum atomic E-state index is -0.898. The molecule has 0 aliphatic carbocycles. The molecule has 5 nitrogen and oxygen atoms in total. The van der Waals surface area contributed by atoms with Gasteiger partial charge in [0.05, 0.1) is 11.1 Å². The van der Waals surface area contributed by atoms with Crippen LogP contribution in [0.5, 0.6) is 5.75 Å². The van der Waals surface area contributed by atoms with Gasteiger partial charge in [-0.15, -0.1) is 11.6 Å². The first-order valence-electron chi connectivity index (χ1n) is 6.80. The van der Waals surface area contributed by atoms with Crippen LogP contribution in [-0.4, -0.2) is 22.7 Å². The summed E-state index contributed by atoms with van der Waals surface area (Å²) in [4.78, 5) is 10.6. The van der Waals surface area contributed by atoms with Gasteiger partial charge in [0, 0.05) is 16.8 Å². The Morgan fingerprint density at radius 3 is 2.73 bits per heavy atom. The first-order chi connectivity index (χ1) is 10.4. The number of halogens is 1. The van der Waals surface area contributed by atoms with E-state index in [0.29, 0.717) is 11.0 Å². The SMILES string of the molecule is CC(C)(Cl)C(O)COc1c2occc2cc2ccc(=O)oc12. The Kier molecular flexibility index (Phi) is 3.62. The molecule has 0 amide bonds. The van der Waals surface area contributed by atoms with E-state index in [4.69, 9.17) is 25.2 Å². The van der Waals surface area contributed by atoms with Crippen LogP contribution in [0.15, 0.2) is 44.2 Å². The van der Waals surface area contributed by atoms with Crippen LogP contribution in [0.25, 0.3) is 21.9 Å². The molecule has 1 atom stereocenters. The predicted octanol–water partition coefficient (Wildman–Crippen LogP) is 3.30. The van der Waals surface area contributed by atoms with E-state index in [0.717, 1.165) is 5.39 Å². The molecule has 3 aromatic rings. The summed E-state index contributed by atoms with van der Waals surface area (Å²) in [7, 11) is 0. The molecule has 3 rings (SSSR count). The lowest BCUT2D eigenvalue weighted by Crippen LogP contribution is -2.35. The first kappa shape index (κ1) is 14.9. The van der Waals surface area contributed by atoms with Crippen LogP contribution in [-0.2, 0) is 0 Å². The van der Waals surface area contributed by atoms with Crippen molar-refractivity contribution < 1.29 is 18.7 Å². The zero-order valence-corrected chi connectivity index (χ0v) is 12.9. The fourth-order valence-electron chi connectivity index (χ4n) is 2.10. The molecular formula is C16H15ClO5. The third-order valence-corrected chi connectivity index (χ3v) is 3.71. The van der Waals surface area contributed by atoms with E-state index in [-0.39, 0.29) is 17.9 Å². The lowest BCUT2D eigenvalue weighted by molar-refractivity contribution is 0.0811. The Morgan fingerprint density at radius 1 is 1.27 bits per heavy atom. The van der Waals surface area contributed by atoms with Crippen molar-refractivity contribution in [1.29, 1.82) is 0 Å². The molecule has 0 radical (unpaired) electrons. The molecule has 2 heterocycles.